The van der Waals surface area contributed by atoms with E-state index < -0.39 is 0 Å². The van der Waals surface area contributed by atoms with Gasteiger partial charge in [-0.2, -0.15) is 0 Å². The smallest absolute Gasteiger partial charge is 0.0436 e. The van der Waals surface area contributed by atoms with Gasteiger partial charge >= 0.3 is 0 Å². The van der Waals surface area contributed by atoms with Crippen LogP contribution >= 0.6 is 0 Å². The summed E-state index contributed by atoms with van der Waals surface area (Å²) in [7, 11) is 0. The molecule has 0 aliphatic heterocycles. The van der Waals surface area contributed by atoms with E-state index >= 15 is 0 Å². The minimum atomic E-state index is 0.904. The molecule has 1 aliphatic rings. The standard InChI is InChI=1S/C9H17NO/c11-10-8-4-7-9-5-2-1-3-6-9/h8-9,11H,1-7H2/b10-8-. The van der Waals surface area contributed by atoms with Crippen LogP contribution in [0.1, 0.15) is 44.9 Å². The third-order valence-corrected chi connectivity index (χ3v) is 2.51. The third-order valence-electron chi connectivity index (χ3n) is 2.51. The maximum atomic E-state index is 8.17. The van der Waals surface area contributed by atoms with Crippen molar-refractivity contribution < 1.29 is 5.21 Å². The highest BCUT2D eigenvalue weighted by molar-refractivity contribution is 5.55. The lowest BCUT2D eigenvalue weighted by Crippen LogP contribution is -2.05. The van der Waals surface area contributed by atoms with E-state index in [0.29, 0.717) is 0 Å². The molecule has 1 saturated carbocycles. The Bertz CT molecular complexity index is 117. The van der Waals surface area contributed by atoms with Gasteiger partial charge in [-0.15, -0.1) is 5.16 Å². The molecule has 2 nitrogen and oxygen atoms in total. The first kappa shape index (κ1) is 8.57. The summed E-state index contributed by atoms with van der Waals surface area (Å²) in [6, 6.07) is 0. The number of oxime groups is 1. The van der Waals surface area contributed by atoms with Gasteiger partial charge in [0.15, 0.2) is 0 Å². The van der Waals surface area contributed by atoms with Crippen LogP contribution in [0.3, 0.4) is 0 Å². The summed E-state index contributed by atoms with van der Waals surface area (Å²) >= 11 is 0. The summed E-state index contributed by atoms with van der Waals surface area (Å²) in [6.45, 7) is 0. The lowest BCUT2D eigenvalue weighted by molar-refractivity contribution is 0.316. The molecule has 0 amide bonds. The zero-order valence-corrected chi connectivity index (χ0v) is 7.00. The van der Waals surface area contributed by atoms with E-state index in [-0.39, 0.29) is 0 Å². The highest BCUT2D eigenvalue weighted by Gasteiger charge is 2.11. The number of rotatable bonds is 3. The second-order valence-corrected chi connectivity index (χ2v) is 3.38. The summed E-state index contributed by atoms with van der Waals surface area (Å²) in [5, 5.41) is 11.2. The Hall–Kier alpha value is -0.530. The minimum absolute atomic E-state index is 0.904. The molecule has 0 unspecified atom stereocenters. The summed E-state index contributed by atoms with van der Waals surface area (Å²) in [5.41, 5.74) is 0. The average molecular weight is 155 g/mol. The number of hydrogen-bond acceptors (Lipinski definition) is 2. The van der Waals surface area contributed by atoms with Crippen LogP contribution in [0, 0.1) is 5.92 Å². The lowest BCUT2D eigenvalue weighted by atomic mass is 9.86. The predicted molar refractivity (Wildman–Crippen MR) is 46.1 cm³/mol. The van der Waals surface area contributed by atoms with Gasteiger partial charge in [0.05, 0.1) is 0 Å². The fraction of sp³-hybridized carbons (Fsp3) is 0.889. The van der Waals surface area contributed by atoms with Crippen LogP contribution < -0.4 is 0 Å². The lowest BCUT2D eigenvalue weighted by Gasteiger charge is -2.20. The first-order valence-electron chi connectivity index (χ1n) is 4.59. The Labute approximate surface area is 68.3 Å². The van der Waals surface area contributed by atoms with E-state index in [2.05, 4.69) is 5.16 Å². The fourth-order valence-electron chi connectivity index (χ4n) is 1.84. The molecule has 0 atom stereocenters. The van der Waals surface area contributed by atoms with E-state index in [4.69, 9.17) is 5.21 Å². The average Bonchev–Trinajstić information content (AvgIpc) is 2.07. The normalized spacial score (nSPS) is 21.1. The molecule has 2 heteroatoms. The molecule has 0 aromatic heterocycles. The molecule has 1 aliphatic carbocycles. The van der Waals surface area contributed by atoms with Crippen molar-refractivity contribution in [1.82, 2.24) is 0 Å². The van der Waals surface area contributed by atoms with Crippen molar-refractivity contribution >= 4 is 6.21 Å². The number of hydrogen-bond donors (Lipinski definition) is 1. The van der Waals surface area contributed by atoms with E-state index in [9.17, 15) is 0 Å². The summed E-state index contributed by atoms with van der Waals surface area (Å²) < 4.78 is 0. The van der Waals surface area contributed by atoms with Crippen molar-refractivity contribution in [3.05, 3.63) is 0 Å². The van der Waals surface area contributed by atoms with Crippen molar-refractivity contribution in [2.45, 2.75) is 44.9 Å². The molecule has 0 spiro atoms. The van der Waals surface area contributed by atoms with Gasteiger partial charge in [0.25, 0.3) is 0 Å². The van der Waals surface area contributed by atoms with E-state index in [1.54, 1.807) is 6.21 Å². The Kier molecular flexibility index (Phi) is 4.02. The summed E-state index contributed by atoms with van der Waals surface area (Å²) in [4.78, 5) is 0. The van der Waals surface area contributed by atoms with Crippen molar-refractivity contribution in [1.29, 1.82) is 0 Å². The Morgan fingerprint density at radius 2 is 2.00 bits per heavy atom. The van der Waals surface area contributed by atoms with Crippen LogP contribution in [0.2, 0.25) is 0 Å². The molecule has 64 valence electrons. The molecule has 0 aromatic carbocycles. The van der Waals surface area contributed by atoms with E-state index in [1.807, 2.05) is 0 Å². The van der Waals surface area contributed by atoms with Crippen LogP contribution in [-0.4, -0.2) is 11.4 Å². The van der Waals surface area contributed by atoms with Crippen LogP contribution in [0.5, 0.6) is 0 Å². The summed E-state index contributed by atoms with van der Waals surface area (Å²) in [6.07, 6.45) is 10.8. The quantitative estimate of drug-likeness (QED) is 0.379. The first-order chi connectivity index (χ1) is 5.43. The molecule has 1 N–H and O–H groups in total. The Morgan fingerprint density at radius 3 is 2.64 bits per heavy atom. The topological polar surface area (TPSA) is 32.6 Å². The van der Waals surface area contributed by atoms with Gasteiger partial charge < -0.3 is 5.21 Å². The van der Waals surface area contributed by atoms with Gasteiger partial charge in [0, 0.05) is 6.21 Å². The predicted octanol–water partition coefficient (Wildman–Crippen LogP) is 2.81. The molecule has 0 bridgehead atoms. The first-order valence-corrected chi connectivity index (χ1v) is 4.59. The van der Waals surface area contributed by atoms with Gasteiger partial charge in [0.1, 0.15) is 0 Å². The summed E-state index contributed by atoms with van der Waals surface area (Å²) in [5.74, 6) is 0.904. The fourth-order valence-corrected chi connectivity index (χ4v) is 1.84. The molecule has 11 heavy (non-hydrogen) atoms. The van der Waals surface area contributed by atoms with Crippen LogP contribution in [0.25, 0.3) is 0 Å². The zero-order valence-electron chi connectivity index (χ0n) is 7.00. The van der Waals surface area contributed by atoms with E-state index in [0.717, 1.165) is 12.3 Å². The molecule has 1 fully saturated rings. The highest BCUT2D eigenvalue weighted by Crippen LogP contribution is 2.26. The molecule has 0 saturated heterocycles. The van der Waals surface area contributed by atoms with Gasteiger partial charge in [-0.1, -0.05) is 32.1 Å². The maximum absolute atomic E-state index is 8.17. The largest absolute Gasteiger partial charge is 0.411 e. The second kappa shape index (κ2) is 5.16. The Balaban J connectivity index is 2.04. The van der Waals surface area contributed by atoms with Crippen LogP contribution in [-0.2, 0) is 0 Å². The Morgan fingerprint density at radius 1 is 1.27 bits per heavy atom. The highest BCUT2D eigenvalue weighted by atomic mass is 16.4. The zero-order chi connectivity index (χ0) is 7.94. The van der Waals surface area contributed by atoms with Crippen molar-refractivity contribution in [2.24, 2.45) is 11.1 Å². The van der Waals surface area contributed by atoms with Crippen LogP contribution in [0.15, 0.2) is 5.16 Å². The monoisotopic (exact) mass is 155 g/mol. The van der Waals surface area contributed by atoms with Crippen molar-refractivity contribution in [3.63, 3.8) is 0 Å². The third kappa shape index (κ3) is 3.40. The number of nitrogens with zero attached hydrogens (tertiary/aromatic N) is 1. The maximum Gasteiger partial charge on any atom is 0.0436 e. The molecule has 0 aromatic rings. The van der Waals surface area contributed by atoms with Crippen molar-refractivity contribution in [2.75, 3.05) is 0 Å². The molecular formula is C9H17NO. The molecule has 0 heterocycles. The molecule has 1 rings (SSSR count). The van der Waals surface area contributed by atoms with Gasteiger partial charge in [-0.25, -0.2) is 0 Å². The van der Waals surface area contributed by atoms with Crippen molar-refractivity contribution in [3.8, 4) is 0 Å². The van der Waals surface area contributed by atoms with Gasteiger partial charge in [-0.05, 0) is 18.8 Å². The van der Waals surface area contributed by atoms with E-state index in [1.165, 1.54) is 38.5 Å². The SMILES string of the molecule is O/N=C\CCC1CCCCC1. The molecule has 0 radical (unpaired) electrons. The van der Waals surface area contributed by atoms with Gasteiger partial charge in [-0.3, -0.25) is 0 Å². The van der Waals surface area contributed by atoms with Crippen LogP contribution in [0.4, 0.5) is 0 Å². The second-order valence-electron chi connectivity index (χ2n) is 3.38. The van der Waals surface area contributed by atoms with Gasteiger partial charge in [0.2, 0.25) is 0 Å². The molecular weight excluding hydrogens is 138 g/mol. The minimum Gasteiger partial charge on any atom is -0.411 e.